The van der Waals surface area contributed by atoms with Crippen LogP contribution in [0.5, 0.6) is 5.75 Å². The lowest BCUT2D eigenvalue weighted by Crippen LogP contribution is -2.29. The van der Waals surface area contributed by atoms with Gasteiger partial charge in [-0.05, 0) is 42.3 Å². The minimum absolute atomic E-state index is 0.00808. The summed E-state index contributed by atoms with van der Waals surface area (Å²) in [6.45, 7) is 2.51. The van der Waals surface area contributed by atoms with Crippen molar-refractivity contribution in [2.75, 3.05) is 21.3 Å². The van der Waals surface area contributed by atoms with E-state index in [9.17, 15) is 4.79 Å². The van der Waals surface area contributed by atoms with Crippen LogP contribution in [0.2, 0.25) is 0 Å². The van der Waals surface area contributed by atoms with Crippen molar-refractivity contribution in [3.63, 3.8) is 0 Å². The van der Waals surface area contributed by atoms with Gasteiger partial charge in [0.05, 0.1) is 19.8 Å². The van der Waals surface area contributed by atoms with Gasteiger partial charge in [0.25, 0.3) is 5.91 Å². The second-order valence-electron chi connectivity index (χ2n) is 5.50. The van der Waals surface area contributed by atoms with Gasteiger partial charge in [-0.15, -0.1) is 0 Å². The van der Waals surface area contributed by atoms with Crippen molar-refractivity contribution in [3.05, 3.63) is 65.2 Å². The topological polar surface area (TPSA) is 38.8 Å². The van der Waals surface area contributed by atoms with Gasteiger partial charge in [-0.3, -0.25) is 4.79 Å². The second-order valence-corrected chi connectivity index (χ2v) is 5.50. The van der Waals surface area contributed by atoms with E-state index in [4.69, 9.17) is 9.47 Å². The number of carbonyl (C=O) groups excluding carboxylic acids is 1. The smallest absolute Gasteiger partial charge is 0.254 e. The maximum Gasteiger partial charge on any atom is 0.254 e. The van der Waals surface area contributed by atoms with Crippen LogP contribution in [-0.2, 0) is 11.3 Å². The number of nitrogens with zero attached hydrogens (tertiary/aromatic N) is 1. The third kappa shape index (κ3) is 4.11. The Morgan fingerprint density at radius 3 is 2.43 bits per heavy atom. The molecule has 2 aromatic carbocycles. The number of hydrogen-bond donors (Lipinski definition) is 0. The van der Waals surface area contributed by atoms with Crippen LogP contribution in [-0.4, -0.2) is 32.1 Å². The van der Waals surface area contributed by atoms with Gasteiger partial charge in [0.1, 0.15) is 5.75 Å². The molecule has 1 amide bonds. The molecule has 23 heavy (non-hydrogen) atoms. The molecule has 4 heteroatoms. The average molecular weight is 313 g/mol. The monoisotopic (exact) mass is 313 g/mol. The fourth-order valence-corrected chi connectivity index (χ4v) is 2.45. The summed E-state index contributed by atoms with van der Waals surface area (Å²) in [4.78, 5) is 14.4. The number of amides is 1. The molecule has 4 nitrogen and oxygen atoms in total. The first-order chi connectivity index (χ1) is 11.1. The zero-order valence-electron chi connectivity index (χ0n) is 14.1. The molecular formula is C19H23NO3. The van der Waals surface area contributed by atoms with Crippen LogP contribution in [0, 0.1) is 0 Å². The minimum atomic E-state index is -0.0283. The number of ether oxygens (including phenoxy) is 2. The Morgan fingerprint density at radius 2 is 1.83 bits per heavy atom. The Labute approximate surface area is 137 Å². The Morgan fingerprint density at radius 1 is 1.13 bits per heavy atom. The van der Waals surface area contributed by atoms with E-state index in [1.165, 1.54) is 0 Å². The molecule has 1 unspecified atom stereocenters. The molecule has 2 rings (SSSR count). The second kappa shape index (κ2) is 7.79. The van der Waals surface area contributed by atoms with E-state index in [0.717, 1.165) is 16.9 Å². The van der Waals surface area contributed by atoms with Crippen molar-refractivity contribution in [2.24, 2.45) is 0 Å². The summed E-state index contributed by atoms with van der Waals surface area (Å²) in [5.74, 6) is 0.800. The molecule has 0 saturated carbocycles. The maximum atomic E-state index is 12.7. The molecule has 1 atom stereocenters. The van der Waals surface area contributed by atoms with Crippen LogP contribution in [0.3, 0.4) is 0 Å². The van der Waals surface area contributed by atoms with Gasteiger partial charge >= 0.3 is 0 Å². The first-order valence-electron chi connectivity index (χ1n) is 7.55. The summed E-state index contributed by atoms with van der Waals surface area (Å²) in [7, 11) is 5.10. The molecule has 0 bridgehead atoms. The molecule has 0 heterocycles. The highest BCUT2D eigenvalue weighted by atomic mass is 16.5. The van der Waals surface area contributed by atoms with Crippen LogP contribution in [0.25, 0.3) is 0 Å². The highest BCUT2D eigenvalue weighted by Crippen LogP contribution is 2.23. The maximum absolute atomic E-state index is 12.7. The highest BCUT2D eigenvalue weighted by Gasteiger charge is 2.19. The van der Waals surface area contributed by atoms with Gasteiger partial charge < -0.3 is 14.4 Å². The third-order valence-electron chi connectivity index (χ3n) is 3.98. The van der Waals surface area contributed by atoms with Crippen molar-refractivity contribution in [3.8, 4) is 5.75 Å². The quantitative estimate of drug-likeness (QED) is 0.816. The van der Waals surface area contributed by atoms with Crippen molar-refractivity contribution < 1.29 is 14.3 Å². The highest BCUT2D eigenvalue weighted by molar-refractivity contribution is 5.94. The Bertz CT molecular complexity index is 652. The van der Waals surface area contributed by atoms with Gasteiger partial charge in [0, 0.05) is 19.7 Å². The van der Waals surface area contributed by atoms with Crippen LogP contribution in [0.1, 0.15) is 34.5 Å². The van der Waals surface area contributed by atoms with Crippen molar-refractivity contribution in [1.29, 1.82) is 0 Å². The summed E-state index contributed by atoms with van der Waals surface area (Å²) in [5.41, 5.74) is 2.72. The molecule has 0 aliphatic rings. The molecule has 0 aliphatic carbocycles. The van der Waals surface area contributed by atoms with E-state index >= 15 is 0 Å². The van der Waals surface area contributed by atoms with Crippen molar-refractivity contribution >= 4 is 5.91 Å². The summed E-state index contributed by atoms with van der Waals surface area (Å²) < 4.78 is 10.3. The fraction of sp³-hybridized carbons (Fsp3) is 0.316. The molecule has 0 radical (unpaired) electrons. The Balaban J connectivity index is 2.15. The zero-order chi connectivity index (χ0) is 16.8. The molecule has 0 aliphatic heterocycles. The molecule has 0 saturated heterocycles. The fourth-order valence-electron chi connectivity index (χ4n) is 2.45. The van der Waals surface area contributed by atoms with Crippen LogP contribution >= 0.6 is 0 Å². The Kier molecular flexibility index (Phi) is 5.77. The van der Waals surface area contributed by atoms with Crippen molar-refractivity contribution in [1.82, 2.24) is 4.90 Å². The molecule has 0 aromatic heterocycles. The third-order valence-corrected chi connectivity index (χ3v) is 3.98. The predicted molar refractivity (Wildman–Crippen MR) is 90.7 cm³/mol. The summed E-state index contributed by atoms with van der Waals surface area (Å²) in [6, 6.07) is 15.3. The van der Waals surface area contributed by atoms with E-state index in [1.54, 1.807) is 19.1 Å². The van der Waals surface area contributed by atoms with Gasteiger partial charge in [0.2, 0.25) is 0 Å². The molecule has 0 spiro atoms. The number of carbonyl (C=O) groups is 1. The van der Waals surface area contributed by atoms with Crippen LogP contribution < -0.4 is 4.74 Å². The predicted octanol–water partition coefficient (Wildman–Crippen LogP) is 3.67. The first-order valence-corrected chi connectivity index (χ1v) is 7.55. The van der Waals surface area contributed by atoms with Gasteiger partial charge in [-0.25, -0.2) is 0 Å². The Hall–Kier alpha value is -2.33. The van der Waals surface area contributed by atoms with Gasteiger partial charge in [-0.1, -0.05) is 24.3 Å². The molecule has 0 N–H and O–H groups in total. The molecule has 0 fully saturated rings. The number of methoxy groups -OCH3 is 2. The van der Waals surface area contributed by atoms with E-state index in [-0.39, 0.29) is 11.9 Å². The summed E-state index contributed by atoms with van der Waals surface area (Å²) in [6.07, 6.45) is 0. The largest absolute Gasteiger partial charge is 0.497 e. The molecule has 122 valence electrons. The zero-order valence-corrected chi connectivity index (χ0v) is 14.1. The lowest BCUT2D eigenvalue weighted by Gasteiger charge is -2.25. The summed E-state index contributed by atoms with van der Waals surface area (Å²) in [5, 5.41) is 0. The SMILES string of the molecule is COCc1cccc(C(=O)N(C)C(C)c2ccc(OC)cc2)c1. The van der Waals surface area contributed by atoms with E-state index in [1.807, 2.05) is 62.5 Å². The first kappa shape index (κ1) is 17.0. The van der Waals surface area contributed by atoms with E-state index in [2.05, 4.69) is 0 Å². The average Bonchev–Trinajstić information content (AvgIpc) is 2.60. The van der Waals surface area contributed by atoms with Gasteiger partial charge in [0.15, 0.2) is 0 Å². The minimum Gasteiger partial charge on any atom is -0.497 e. The van der Waals surface area contributed by atoms with Crippen LogP contribution in [0.4, 0.5) is 0 Å². The summed E-state index contributed by atoms with van der Waals surface area (Å²) >= 11 is 0. The normalized spacial score (nSPS) is 11.8. The number of benzene rings is 2. The van der Waals surface area contributed by atoms with E-state index < -0.39 is 0 Å². The lowest BCUT2D eigenvalue weighted by atomic mass is 10.1. The number of hydrogen-bond acceptors (Lipinski definition) is 3. The van der Waals surface area contributed by atoms with Crippen molar-refractivity contribution in [2.45, 2.75) is 19.6 Å². The standard InChI is InChI=1S/C19H23NO3/c1-14(16-8-10-18(23-4)11-9-16)20(2)19(21)17-7-5-6-15(12-17)13-22-3/h5-12,14H,13H2,1-4H3. The molecular weight excluding hydrogens is 290 g/mol. The van der Waals surface area contributed by atoms with Crippen LogP contribution in [0.15, 0.2) is 48.5 Å². The van der Waals surface area contributed by atoms with E-state index in [0.29, 0.717) is 12.2 Å². The van der Waals surface area contributed by atoms with Gasteiger partial charge in [-0.2, -0.15) is 0 Å². The number of rotatable bonds is 6. The molecule has 2 aromatic rings. The lowest BCUT2D eigenvalue weighted by molar-refractivity contribution is 0.0742.